The Balaban J connectivity index is 1.48. The number of phenolic OH excluding ortho intramolecular Hbond substituents is 2. The first-order valence-corrected chi connectivity index (χ1v) is 10.5. The van der Waals surface area contributed by atoms with Crippen molar-refractivity contribution in [2.45, 2.75) is 12.8 Å². The topological polar surface area (TPSA) is 108 Å². The van der Waals surface area contributed by atoms with Crippen LogP contribution in [0.5, 0.6) is 11.5 Å². The van der Waals surface area contributed by atoms with Gasteiger partial charge in [-0.05, 0) is 35.0 Å². The van der Waals surface area contributed by atoms with Crippen LogP contribution in [0.25, 0.3) is 21.5 Å². The van der Waals surface area contributed by atoms with Crippen LogP contribution in [-0.4, -0.2) is 36.2 Å². The largest absolute Gasteiger partial charge is 0.507 e. The van der Waals surface area contributed by atoms with Crippen LogP contribution in [0.1, 0.15) is 11.1 Å². The van der Waals surface area contributed by atoms with E-state index in [1.165, 1.54) is 0 Å². The lowest BCUT2D eigenvalue weighted by Crippen LogP contribution is -2.16. The van der Waals surface area contributed by atoms with Crippen molar-refractivity contribution in [1.29, 1.82) is 0 Å². The third-order valence-corrected chi connectivity index (χ3v) is 5.63. The summed E-state index contributed by atoms with van der Waals surface area (Å²) in [5.74, 6) is -1.61. The summed E-state index contributed by atoms with van der Waals surface area (Å²) in [7, 11) is 3.55. The molecule has 0 heterocycles. The Bertz CT molecular complexity index is 1280. The molecule has 168 valence electrons. The molecule has 0 aliphatic rings. The predicted octanol–water partition coefficient (Wildman–Crippen LogP) is 4.34. The molecule has 0 aromatic heterocycles. The monoisotopic (exact) mass is 444 g/mol. The fraction of sp³-hybridized carbons (Fsp3) is 0.154. The van der Waals surface area contributed by atoms with Gasteiger partial charge in [0.25, 0.3) is 0 Å². The quantitative estimate of drug-likeness (QED) is 0.259. The fourth-order valence-corrected chi connectivity index (χ4v) is 3.80. The summed E-state index contributed by atoms with van der Waals surface area (Å²) in [6, 6.07) is 17.9. The van der Waals surface area contributed by atoms with E-state index < -0.39 is 11.9 Å². The molecule has 0 spiro atoms. The van der Waals surface area contributed by atoms with Crippen LogP contribution in [0, 0.1) is 0 Å². The highest BCUT2D eigenvalue weighted by molar-refractivity contribution is 5.95. The average molecular weight is 444 g/mol. The maximum atomic E-state index is 12.4. The van der Waals surface area contributed by atoms with Crippen molar-refractivity contribution in [1.82, 2.24) is 0 Å². The summed E-state index contributed by atoms with van der Waals surface area (Å²) in [5.41, 5.74) is 2.37. The molecular weight excluding hydrogens is 420 g/mol. The number of carbonyl (C=O) groups is 2. The Hall–Kier alpha value is -4.26. The molecule has 0 saturated carbocycles. The van der Waals surface area contributed by atoms with Gasteiger partial charge < -0.3 is 25.6 Å². The molecular formula is C26H24N2O5. The second-order valence-electron chi connectivity index (χ2n) is 7.72. The van der Waals surface area contributed by atoms with Gasteiger partial charge in [0.2, 0.25) is 0 Å². The molecule has 0 amide bonds. The Morgan fingerprint density at radius 1 is 0.697 bits per heavy atom. The molecule has 33 heavy (non-hydrogen) atoms. The normalized spacial score (nSPS) is 10.8. The molecule has 4 aromatic carbocycles. The van der Waals surface area contributed by atoms with E-state index in [4.69, 9.17) is 4.74 Å². The van der Waals surface area contributed by atoms with Crippen molar-refractivity contribution >= 4 is 44.9 Å². The van der Waals surface area contributed by atoms with E-state index in [0.717, 1.165) is 22.1 Å². The Morgan fingerprint density at radius 3 is 1.48 bits per heavy atom. The number of aromatic hydroxyl groups is 2. The van der Waals surface area contributed by atoms with Gasteiger partial charge in [-0.1, -0.05) is 36.4 Å². The molecule has 7 nitrogen and oxygen atoms in total. The minimum atomic E-state index is -0.780. The zero-order valence-corrected chi connectivity index (χ0v) is 18.3. The van der Waals surface area contributed by atoms with E-state index in [1.807, 2.05) is 24.3 Å². The summed E-state index contributed by atoms with van der Waals surface area (Å²) >= 11 is 0. The van der Waals surface area contributed by atoms with Gasteiger partial charge in [0.1, 0.15) is 11.5 Å². The number of esters is 2. The molecule has 0 fully saturated rings. The van der Waals surface area contributed by atoms with Crippen LogP contribution in [0.4, 0.5) is 11.4 Å². The Kier molecular flexibility index (Phi) is 6.04. The van der Waals surface area contributed by atoms with Gasteiger partial charge >= 0.3 is 11.9 Å². The highest BCUT2D eigenvalue weighted by Gasteiger charge is 2.18. The standard InChI is InChI=1S/C26H24N2O5/c1-27-19-9-7-15-3-5-17(25(31)21(15)13-19)11-23(29)33-24(30)12-18-6-4-16-8-10-20(28-2)14-22(16)26(18)32/h3-10,13-14,27-28,31-32H,11-12H2,1-2H3. The lowest BCUT2D eigenvalue weighted by Gasteiger charge is -2.11. The fourth-order valence-electron chi connectivity index (χ4n) is 3.80. The van der Waals surface area contributed by atoms with Crippen LogP contribution in [-0.2, 0) is 27.2 Å². The smallest absolute Gasteiger partial charge is 0.318 e. The number of anilines is 2. The molecule has 4 N–H and O–H groups in total. The first-order valence-electron chi connectivity index (χ1n) is 10.5. The SMILES string of the molecule is CNc1ccc2ccc(CC(=O)OC(=O)Cc3ccc4ccc(NC)cc4c3O)c(O)c2c1. The molecule has 0 saturated heterocycles. The van der Waals surface area contributed by atoms with Crippen molar-refractivity contribution < 1.29 is 24.5 Å². The number of ether oxygens (including phenoxy) is 1. The summed E-state index contributed by atoms with van der Waals surface area (Å²) in [4.78, 5) is 24.7. The number of phenols is 2. The first kappa shape index (κ1) is 22.0. The third-order valence-electron chi connectivity index (χ3n) is 5.63. The van der Waals surface area contributed by atoms with E-state index in [9.17, 15) is 19.8 Å². The number of nitrogens with one attached hydrogen (secondary N) is 2. The number of carbonyl (C=O) groups excluding carboxylic acids is 2. The van der Waals surface area contributed by atoms with Crippen LogP contribution in [0.15, 0.2) is 60.7 Å². The number of hydrogen-bond acceptors (Lipinski definition) is 7. The highest BCUT2D eigenvalue weighted by Crippen LogP contribution is 2.32. The summed E-state index contributed by atoms with van der Waals surface area (Å²) < 4.78 is 4.96. The minimum absolute atomic E-state index is 0.0264. The Morgan fingerprint density at radius 2 is 1.09 bits per heavy atom. The van der Waals surface area contributed by atoms with Gasteiger partial charge in [-0.2, -0.15) is 0 Å². The summed E-state index contributed by atoms with van der Waals surface area (Å²) in [5, 5.41) is 30.1. The number of fused-ring (bicyclic) bond motifs is 2. The van der Waals surface area contributed by atoms with Crippen LogP contribution in [0.2, 0.25) is 0 Å². The number of rotatable bonds is 6. The molecule has 0 aliphatic heterocycles. The summed E-state index contributed by atoms with van der Waals surface area (Å²) in [6.07, 6.45) is -0.515. The first-order chi connectivity index (χ1) is 15.9. The van der Waals surface area contributed by atoms with E-state index in [1.54, 1.807) is 50.5 Å². The molecule has 4 aromatic rings. The van der Waals surface area contributed by atoms with E-state index in [-0.39, 0.29) is 24.3 Å². The van der Waals surface area contributed by atoms with Crippen molar-refractivity contribution in [2.24, 2.45) is 0 Å². The van der Waals surface area contributed by atoms with Gasteiger partial charge in [-0.3, -0.25) is 9.59 Å². The zero-order valence-electron chi connectivity index (χ0n) is 18.3. The van der Waals surface area contributed by atoms with Gasteiger partial charge in [0, 0.05) is 47.4 Å². The summed E-state index contributed by atoms with van der Waals surface area (Å²) in [6.45, 7) is 0. The van der Waals surface area contributed by atoms with E-state index >= 15 is 0 Å². The van der Waals surface area contributed by atoms with Crippen molar-refractivity contribution in [3.8, 4) is 11.5 Å². The molecule has 0 aliphatic carbocycles. The van der Waals surface area contributed by atoms with Crippen molar-refractivity contribution in [3.63, 3.8) is 0 Å². The predicted molar refractivity (Wildman–Crippen MR) is 129 cm³/mol. The van der Waals surface area contributed by atoms with Gasteiger partial charge in [0.05, 0.1) is 12.8 Å². The maximum absolute atomic E-state index is 12.4. The Labute approximate surface area is 190 Å². The van der Waals surface area contributed by atoms with Crippen molar-refractivity contribution in [2.75, 3.05) is 24.7 Å². The molecule has 0 radical (unpaired) electrons. The number of benzene rings is 4. The van der Waals surface area contributed by atoms with Crippen LogP contribution < -0.4 is 10.6 Å². The second kappa shape index (κ2) is 9.08. The van der Waals surface area contributed by atoms with Crippen LogP contribution in [0.3, 0.4) is 0 Å². The zero-order chi connectivity index (χ0) is 23.5. The molecule has 7 heteroatoms. The minimum Gasteiger partial charge on any atom is -0.507 e. The number of hydrogen-bond donors (Lipinski definition) is 4. The van der Waals surface area contributed by atoms with Gasteiger partial charge in [-0.25, -0.2) is 0 Å². The van der Waals surface area contributed by atoms with Crippen LogP contribution >= 0.6 is 0 Å². The van der Waals surface area contributed by atoms with Crippen molar-refractivity contribution in [3.05, 3.63) is 71.8 Å². The van der Waals surface area contributed by atoms with E-state index in [0.29, 0.717) is 21.9 Å². The van der Waals surface area contributed by atoms with Gasteiger partial charge in [-0.15, -0.1) is 0 Å². The molecule has 0 bridgehead atoms. The van der Waals surface area contributed by atoms with E-state index in [2.05, 4.69) is 10.6 Å². The maximum Gasteiger partial charge on any atom is 0.318 e. The van der Waals surface area contributed by atoms with Gasteiger partial charge in [0.15, 0.2) is 0 Å². The molecule has 4 rings (SSSR count). The lowest BCUT2D eigenvalue weighted by atomic mass is 10.0. The molecule has 0 atom stereocenters. The average Bonchev–Trinajstić information content (AvgIpc) is 2.82. The third kappa shape index (κ3) is 4.52. The molecule has 0 unspecified atom stereocenters. The highest BCUT2D eigenvalue weighted by atomic mass is 16.6. The second-order valence-corrected chi connectivity index (χ2v) is 7.72. The lowest BCUT2D eigenvalue weighted by molar-refractivity contribution is -0.158.